The van der Waals surface area contributed by atoms with Gasteiger partial charge in [-0.15, -0.1) is 0 Å². The van der Waals surface area contributed by atoms with E-state index in [1.54, 1.807) is 0 Å². The summed E-state index contributed by atoms with van der Waals surface area (Å²) in [5.41, 5.74) is 7.95. The van der Waals surface area contributed by atoms with Gasteiger partial charge < -0.3 is 15.7 Å². The van der Waals surface area contributed by atoms with E-state index in [1.165, 1.54) is 5.56 Å². The molecule has 0 spiro atoms. The molecule has 0 saturated heterocycles. The van der Waals surface area contributed by atoms with Crippen LogP contribution in [-0.2, 0) is 6.42 Å². The molecular weight excluding hydrogens is 200 g/mol. The Labute approximate surface area is 97.9 Å². The Morgan fingerprint density at radius 3 is 2.56 bits per heavy atom. The molecule has 0 amide bonds. The molecule has 0 heterocycles. The number of nitrogens with zero attached hydrogens (tertiary/aromatic N) is 1. The predicted molar refractivity (Wildman–Crippen MR) is 68.4 cm³/mol. The van der Waals surface area contributed by atoms with E-state index in [9.17, 15) is 0 Å². The Morgan fingerprint density at radius 2 is 1.94 bits per heavy atom. The number of anilines is 1. The van der Waals surface area contributed by atoms with E-state index in [0.717, 1.165) is 38.2 Å². The van der Waals surface area contributed by atoms with Crippen molar-refractivity contribution in [3.63, 3.8) is 0 Å². The van der Waals surface area contributed by atoms with Crippen molar-refractivity contribution < 1.29 is 5.11 Å². The lowest BCUT2D eigenvalue weighted by Crippen LogP contribution is -2.30. The van der Waals surface area contributed by atoms with Crippen LogP contribution in [-0.4, -0.2) is 36.2 Å². The largest absolute Gasteiger partial charge is 0.399 e. The molecule has 0 aromatic heterocycles. The summed E-state index contributed by atoms with van der Waals surface area (Å²) in [5.74, 6) is 0. The van der Waals surface area contributed by atoms with Crippen LogP contribution in [0.4, 0.5) is 5.69 Å². The quantitative estimate of drug-likeness (QED) is 0.688. The van der Waals surface area contributed by atoms with Crippen molar-refractivity contribution in [1.29, 1.82) is 0 Å². The number of nitrogens with two attached hydrogens (primary N) is 1. The first-order chi connectivity index (χ1) is 7.77. The van der Waals surface area contributed by atoms with Crippen molar-refractivity contribution in [2.75, 3.05) is 32.0 Å². The van der Waals surface area contributed by atoms with Gasteiger partial charge in [0.1, 0.15) is 0 Å². The number of hydrogen-bond acceptors (Lipinski definition) is 3. The summed E-state index contributed by atoms with van der Waals surface area (Å²) in [6.45, 7) is 5.13. The fourth-order valence-corrected chi connectivity index (χ4v) is 1.83. The van der Waals surface area contributed by atoms with E-state index in [0.29, 0.717) is 0 Å². The van der Waals surface area contributed by atoms with Crippen LogP contribution in [0.15, 0.2) is 24.3 Å². The number of benzene rings is 1. The van der Waals surface area contributed by atoms with Gasteiger partial charge in [-0.1, -0.05) is 25.1 Å². The molecular formula is C13H22N2O. The van der Waals surface area contributed by atoms with Gasteiger partial charge in [-0.2, -0.15) is 0 Å². The normalized spacial score (nSPS) is 10.9. The van der Waals surface area contributed by atoms with Crippen LogP contribution < -0.4 is 5.73 Å². The molecule has 0 radical (unpaired) electrons. The van der Waals surface area contributed by atoms with Gasteiger partial charge >= 0.3 is 0 Å². The monoisotopic (exact) mass is 222 g/mol. The van der Waals surface area contributed by atoms with Crippen LogP contribution in [0, 0.1) is 0 Å². The maximum Gasteiger partial charge on any atom is 0.0558 e. The predicted octanol–water partition coefficient (Wildman–Crippen LogP) is 1.52. The van der Waals surface area contributed by atoms with Crippen LogP contribution in [0.1, 0.15) is 18.9 Å². The maximum absolute atomic E-state index is 8.95. The molecule has 0 unspecified atom stereocenters. The number of hydrogen-bond donors (Lipinski definition) is 2. The highest BCUT2D eigenvalue weighted by atomic mass is 16.3. The molecule has 1 aromatic carbocycles. The minimum atomic E-state index is 0.226. The zero-order valence-corrected chi connectivity index (χ0v) is 10.0. The summed E-state index contributed by atoms with van der Waals surface area (Å²) in [6, 6.07) is 7.97. The average Bonchev–Trinajstić information content (AvgIpc) is 2.28. The lowest BCUT2D eigenvalue weighted by molar-refractivity contribution is 0.197. The second-order valence-corrected chi connectivity index (χ2v) is 4.01. The van der Waals surface area contributed by atoms with Crippen molar-refractivity contribution >= 4 is 5.69 Å². The minimum absolute atomic E-state index is 0.226. The zero-order valence-electron chi connectivity index (χ0n) is 10.0. The van der Waals surface area contributed by atoms with Crippen molar-refractivity contribution in [3.8, 4) is 0 Å². The first kappa shape index (κ1) is 13.0. The van der Waals surface area contributed by atoms with Crippen LogP contribution >= 0.6 is 0 Å². The zero-order chi connectivity index (χ0) is 11.8. The Bertz CT molecular complexity index is 296. The SMILES string of the molecule is CCCN(CCO)CCc1ccccc1N. The van der Waals surface area contributed by atoms with Gasteiger partial charge in [0.05, 0.1) is 6.61 Å². The van der Waals surface area contributed by atoms with Crippen LogP contribution in [0.2, 0.25) is 0 Å². The lowest BCUT2D eigenvalue weighted by Gasteiger charge is -2.20. The summed E-state index contributed by atoms with van der Waals surface area (Å²) < 4.78 is 0. The standard InChI is InChI=1S/C13H22N2O/c1-2-8-15(10-11-16)9-7-12-5-3-4-6-13(12)14/h3-6,16H,2,7-11,14H2,1H3. The molecule has 0 bridgehead atoms. The molecule has 3 N–H and O–H groups in total. The first-order valence-corrected chi connectivity index (χ1v) is 5.94. The molecule has 0 saturated carbocycles. The van der Waals surface area contributed by atoms with Crippen LogP contribution in [0.25, 0.3) is 0 Å². The molecule has 1 rings (SSSR count). The Balaban J connectivity index is 2.45. The topological polar surface area (TPSA) is 49.5 Å². The van der Waals surface area contributed by atoms with Crippen LogP contribution in [0.3, 0.4) is 0 Å². The molecule has 0 aliphatic rings. The molecule has 0 fully saturated rings. The maximum atomic E-state index is 8.95. The van der Waals surface area contributed by atoms with Gasteiger partial charge in [0.15, 0.2) is 0 Å². The van der Waals surface area contributed by atoms with E-state index in [1.807, 2.05) is 18.2 Å². The number of nitrogen functional groups attached to an aromatic ring is 1. The molecule has 0 aliphatic heterocycles. The number of rotatable bonds is 7. The highest BCUT2D eigenvalue weighted by molar-refractivity contribution is 5.46. The first-order valence-electron chi connectivity index (χ1n) is 5.94. The third kappa shape index (κ3) is 4.21. The van der Waals surface area contributed by atoms with Crippen molar-refractivity contribution in [1.82, 2.24) is 4.90 Å². The Hall–Kier alpha value is -1.06. The summed E-state index contributed by atoms with van der Waals surface area (Å²) in [7, 11) is 0. The van der Waals surface area contributed by atoms with Gasteiger partial charge in [0, 0.05) is 18.8 Å². The summed E-state index contributed by atoms with van der Waals surface area (Å²) in [5, 5.41) is 8.95. The van der Waals surface area contributed by atoms with Crippen LogP contribution in [0.5, 0.6) is 0 Å². The second-order valence-electron chi connectivity index (χ2n) is 4.01. The second kappa shape index (κ2) is 7.25. The van der Waals surface area contributed by atoms with E-state index in [2.05, 4.69) is 17.9 Å². The van der Waals surface area contributed by atoms with Crippen molar-refractivity contribution in [2.24, 2.45) is 0 Å². The molecule has 3 nitrogen and oxygen atoms in total. The highest BCUT2D eigenvalue weighted by Crippen LogP contribution is 2.11. The minimum Gasteiger partial charge on any atom is -0.399 e. The fraction of sp³-hybridized carbons (Fsp3) is 0.538. The fourth-order valence-electron chi connectivity index (χ4n) is 1.83. The molecule has 90 valence electrons. The summed E-state index contributed by atoms with van der Waals surface area (Å²) in [6.07, 6.45) is 2.07. The third-order valence-corrected chi connectivity index (χ3v) is 2.71. The Kier molecular flexibility index (Phi) is 5.90. The third-order valence-electron chi connectivity index (χ3n) is 2.71. The molecule has 3 heteroatoms. The van der Waals surface area contributed by atoms with E-state index >= 15 is 0 Å². The van der Waals surface area contributed by atoms with Gasteiger partial charge in [0.2, 0.25) is 0 Å². The van der Waals surface area contributed by atoms with Crippen molar-refractivity contribution in [2.45, 2.75) is 19.8 Å². The lowest BCUT2D eigenvalue weighted by atomic mass is 10.1. The molecule has 0 atom stereocenters. The van der Waals surface area contributed by atoms with Gasteiger partial charge in [0.25, 0.3) is 0 Å². The average molecular weight is 222 g/mol. The smallest absolute Gasteiger partial charge is 0.0558 e. The number of para-hydroxylation sites is 1. The molecule has 0 aliphatic carbocycles. The number of aliphatic hydroxyl groups is 1. The van der Waals surface area contributed by atoms with E-state index in [4.69, 9.17) is 10.8 Å². The Morgan fingerprint density at radius 1 is 1.19 bits per heavy atom. The summed E-state index contributed by atoms with van der Waals surface area (Å²) in [4.78, 5) is 2.27. The van der Waals surface area contributed by atoms with E-state index < -0.39 is 0 Å². The molecule has 1 aromatic rings. The van der Waals surface area contributed by atoms with Gasteiger partial charge in [-0.05, 0) is 31.0 Å². The van der Waals surface area contributed by atoms with Crippen molar-refractivity contribution in [3.05, 3.63) is 29.8 Å². The molecule has 16 heavy (non-hydrogen) atoms. The van der Waals surface area contributed by atoms with Gasteiger partial charge in [-0.3, -0.25) is 0 Å². The van der Waals surface area contributed by atoms with E-state index in [-0.39, 0.29) is 6.61 Å². The van der Waals surface area contributed by atoms with Gasteiger partial charge in [-0.25, -0.2) is 0 Å². The number of aliphatic hydroxyl groups excluding tert-OH is 1. The highest BCUT2D eigenvalue weighted by Gasteiger charge is 2.04. The summed E-state index contributed by atoms with van der Waals surface area (Å²) >= 11 is 0.